The van der Waals surface area contributed by atoms with E-state index in [-0.39, 0.29) is 23.9 Å². The summed E-state index contributed by atoms with van der Waals surface area (Å²) in [5.41, 5.74) is 15.4. The highest BCUT2D eigenvalue weighted by molar-refractivity contribution is 5.87. The smallest absolute Gasteiger partial charge is 0.240 e. The third-order valence-corrected chi connectivity index (χ3v) is 9.45. The van der Waals surface area contributed by atoms with Crippen LogP contribution >= 0.6 is 0 Å². The van der Waals surface area contributed by atoms with Crippen LogP contribution in [0.2, 0.25) is 0 Å². The molecule has 1 saturated heterocycles. The Balaban J connectivity index is 1.22. The van der Waals surface area contributed by atoms with Gasteiger partial charge in [-0.3, -0.25) is 9.59 Å². The van der Waals surface area contributed by atoms with Gasteiger partial charge in [-0.2, -0.15) is 0 Å². The lowest BCUT2D eigenvalue weighted by atomic mass is 9.93. The number of hydrogen-bond donors (Lipinski definition) is 3. The van der Waals surface area contributed by atoms with Crippen molar-refractivity contribution >= 4 is 33.4 Å². The number of aromatic amines is 1. The molecule has 0 unspecified atom stereocenters. The molecule has 1 aliphatic rings. The molecule has 244 valence electrons. The number of carbonyl (C=O) groups excluding carboxylic acids is 2. The van der Waals surface area contributed by atoms with Crippen molar-refractivity contribution in [2.45, 2.75) is 70.1 Å². The van der Waals surface area contributed by atoms with E-state index in [2.05, 4.69) is 84.5 Å². The zero-order valence-electron chi connectivity index (χ0n) is 27.4. The van der Waals surface area contributed by atoms with Gasteiger partial charge in [-0.1, -0.05) is 98.8 Å². The zero-order chi connectivity index (χ0) is 32.9. The van der Waals surface area contributed by atoms with Crippen molar-refractivity contribution in [1.82, 2.24) is 19.8 Å². The predicted octanol–water partition coefficient (Wildman–Crippen LogP) is 5.24. The molecule has 1 aromatic heterocycles. The summed E-state index contributed by atoms with van der Waals surface area (Å²) in [6, 6.07) is 27.2. The number of piperazine rings is 1. The minimum atomic E-state index is -0.695. The SMILES string of the molecule is CC(C)C[C@@H]1CN(C(=O)[C@H](N)Cc2ccc3ccccc3c2)[C@@H](CCc2ncc[nH]2)CN1C(=O)[C@H](N)Cc1ccc2ccccc2c1. The fraction of sp³-hybridized carbons (Fsp3) is 0.359. The average Bonchev–Trinajstić information content (AvgIpc) is 3.60. The molecule has 0 bridgehead atoms. The topological polar surface area (TPSA) is 121 Å². The summed E-state index contributed by atoms with van der Waals surface area (Å²) < 4.78 is 0. The Morgan fingerprint density at radius 2 is 1.28 bits per heavy atom. The molecule has 1 fully saturated rings. The highest BCUT2D eigenvalue weighted by Crippen LogP contribution is 2.26. The van der Waals surface area contributed by atoms with E-state index < -0.39 is 12.1 Å². The van der Waals surface area contributed by atoms with E-state index in [0.29, 0.717) is 44.7 Å². The lowest BCUT2D eigenvalue weighted by Crippen LogP contribution is -2.65. The number of aromatic nitrogens is 2. The van der Waals surface area contributed by atoms with Crippen LogP contribution in [0.25, 0.3) is 21.5 Å². The van der Waals surface area contributed by atoms with Crippen LogP contribution < -0.4 is 11.5 Å². The normalized spacial score (nSPS) is 18.1. The van der Waals surface area contributed by atoms with Gasteiger partial charge in [0, 0.05) is 44.0 Å². The minimum Gasteiger partial charge on any atom is -0.349 e. The average molecular weight is 631 g/mol. The van der Waals surface area contributed by atoms with Gasteiger partial charge < -0.3 is 26.3 Å². The number of benzene rings is 4. The number of nitrogens with one attached hydrogen (secondary N) is 1. The van der Waals surface area contributed by atoms with Gasteiger partial charge in [0.2, 0.25) is 11.8 Å². The van der Waals surface area contributed by atoms with E-state index in [1.165, 1.54) is 0 Å². The second-order valence-corrected chi connectivity index (χ2v) is 13.5. The number of aryl methyl sites for hydroxylation is 1. The summed E-state index contributed by atoms with van der Waals surface area (Å²) in [6.45, 7) is 5.15. The molecular formula is C39H46N6O2. The summed E-state index contributed by atoms with van der Waals surface area (Å²) in [7, 11) is 0. The first-order chi connectivity index (χ1) is 22.7. The van der Waals surface area contributed by atoms with Crippen molar-refractivity contribution in [3.63, 3.8) is 0 Å². The molecular weight excluding hydrogens is 584 g/mol. The minimum absolute atomic E-state index is 0.0700. The van der Waals surface area contributed by atoms with Crippen LogP contribution in [0.1, 0.15) is 43.6 Å². The molecule has 1 aliphatic heterocycles. The second-order valence-electron chi connectivity index (χ2n) is 13.5. The number of carbonyl (C=O) groups is 2. The fourth-order valence-corrected chi connectivity index (χ4v) is 7.06. The fourth-order valence-electron chi connectivity index (χ4n) is 7.06. The van der Waals surface area contributed by atoms with Gasteiger partial charge in [-0.25, -0.2) is 4.98 Å². The lowest BCUT2D eigenvalue weighted by Gasteiger charge is -2.48. The number of fused-ring (bicyclic) bond motifs is 2. The Morgan fingerprint density at radius 3 is 1.79 bits per heavy atom. The molecule has 0 radical (unpaired) electrons. The van der Waals surface area contributed by atoms with E-state index in [1.54, 1.807) is 12.4 Å². The van der Waals surface area contributed by atoms with Crippen LogP contribution in [0.3, 0.4) is 0 Å². The van der Waals surface area contributed by atoms with Gasteiger partial charge in [0.05, 0.1) is 12.1 Å². The maximum Gasteiger partial charge on any atom is 0.240 e. The first-order valence-corrected chi connectivity index (χ1v) is 16.8. The van der Waals surface area contributed by atoms with E-state index in [0.717, 1.165) is 44.9 Å². The van der Waals surface area contributed by atoms with Gasteiger partial charge in [-0.05, 0) is 64.3 Å². The van der Waals surface area contributed by atoms with Gasteiger partial charge in [0.1, 0.15) is 5.82 Å². The lowest BCUT2D eigenvalue weighted by molar-refractivity contribution is -0.149. The number of rotatable bonds is 11. The summed E-state index contributed by atoms with van der Waals surface area (Å²) in [6.07, 6.45) is 6.51. The quantitative estimate of drug-likeness (QED) is 0.184. The third kappa shape index (κ3) is 7.72. The Bertz CT molecular complexity index is 1820. The Labute approximate surface area is 277 Å². The molecule has 6 rings (SSSR count). The molecule has 8 heteroatoms. The van der Waals surface area contributed by atoms with Crippen molar-refractivity contribution in [2.75, 3.05) is 13.1 Å². The standard InChI is InChI=1S/C39H46N6O2/c1-26(2)19-34-25-44(38(46)35(40)22-27-11-13-29-7-3-5-9-31(29)20-27)33(15-16-37-42-17-18-43-37)24-45(34)39(47)36(41)23-28-12-14-30-8-4-6-10-32(30)21-28/h3-14,17-18,20-21,26,33-36H,15-16,19,22-25,40-41H2,1-2H3,(H,42,43)/t33-,34+,35+,36+/m0/s1. The van der Waals surface area contributed by atoms with Gasteiger partial charge in [0.15, 0.2) is 0 Å². The highest BCUT2D eigenvalue weighted by Gasteiger charge is 2.41. The molecule has 4 aromatic carbocycles. The van der Waals surface area contributed by atoms with E-state index in [4.69, 9.17) is 11.5 Å². The van der Waals surface area contributed by atoms with Gasteiger partial charge in [-0.15, -0.1) is 0 Å². The van der Waals surface area contributed by atoms with Crippen molar-refractivity contribution in [2.24, 2.45) is 17.4 Å². The molecule has 0 spiro atoms. The first-order valence-electron chi connectivity index (χ1n) is 16.8. The van der Waals surface area contributed by atoms with Crippen LogP contribution in [0.4, 0.5) is 0 Å². The van der Waals surface area contributed by atoms with Crippen LogP contribution in [-0.2, 0) is 28.9 Å². The van der Waals surface area contributed by atoms with Crippen LogP contribution in [-0.4, -0.2) is 68.8 Å². The summed E-state index contributed by atoms with van der Waals surface area (Å²) in [5.74, 6) is 1.03. The molecule has 5 N–H and O–H groups in total. The molecule has 8 nitrogen and oxygen atoms in total. The second kappa shape index (κ2) is 14.5. The Morgan fingerprint density at radius 1 is 0.766 bits per heavy atom. The summed E-state index contributed by atoms with van der Waals surface area (Å²) >= 11 is 0. The van der Waals surface area contributed by atoms with Crippen LogP contribution in [0.15, 0.2) is 97.3 Å². The monoisotopic (exact) mass is 630 g/mol. The van der Waals surface area contributed by atoms with E-state index >= 15 is 0 Å². The number of imidazole rings is 1. The molecule has 5 aromatic rings. The van der Waals surface area contributed by atoms with E-state index in [9.17, 15) is 9.59 Å². The zero-order valence-corrected chi connectivity index (χ0v) is 27.4. The van der Waals surface area contributed by atoms with Crippen molar-refractivity contribution < 1.29 is 9.59 Å². The largest absolute Gasteiger partial charge is 0.349 e. The van der Waals surface area contributed by atoms with Crippen molar-refractivity contribution in [3.05, 3.63) is 114 Å². The molecule has 4 atom stereocenters. The first kappa shape index (κ1) is 32.4. The number of nitrogens with zero attached hydrogens (tertiary/aromatic N) is 3. The molecule has 2 amide bonds. The van der Waals surface area contributed by atoms with Gasteiger partial charge >= 0.3 is 0 Å². The van der Waals surface area contributed by atoms with Gasteiger partial charge in [0.25, 0.3) is 0 Å². The Kier molecular flexibility index (Phi) is 9.99. The summed E-state index contributed by atoms with van der Waals surface area (Å²) in [5, 5.41) is 4.58. The number of hydrogen-bond acceptors (Lipinski definition) is 5. The molecule has 2 heterocycles. The number of nitrogens with two attached hydrogens (primary N) is 2. The maximum atomic E-state index is 14.2. The predicted molar refractivity (Wildman–Crippen MR) is 189 cm³/mol. The number of H-pyrrole nitrogens is 1. The van der Waals surface area contributed by atoms with Crippen LogP contribution in [0.5, 0.6) is 0 Å². The summed E-state index contributed by atoms with van der Waals surface area (Å²) in [4.78, 5) is 39.8. The Hall–Kier alpha value is -4.53. The third-order valence-electron chi connectivity index (χ3n) is 9.45. The van der Waals surface area contributed by atoms with Crippen molar-refractivity contribution in [1.29, 1.82) is 0 Å². The van der Waals surface area contributed by atoms with E-state index in [1.807, 2.05) is 34.1 Å². The highest BCUT2D eigenvalue weighted by atomic mass is 16.2. The number of amides is 2. The van der Waals surface area contributed by atoms with Crippen LogP contribution in [0, 0.1) is 5.92 Å². The maximum absolute atomic E-state index is 14.2. The molecule has 0 saturated carbocycles. The van der Waals surface area contributed by atoms with Crippen molar-refractivity contribution in [3.8, 4) is 0 Å². The molecule has 47 heavy (non-hydrogen) atoms. The molecule has 0 aliphatic carbocycles.